The zero-order valence-corrected chi connectivity index (χ0v) is 8.22. The van der Waals surface area contributed by atoms with Crippen LogP contribution in [0.25, 0.3) is 0 Å². The molecule has 0 spiro atoms. The van der Waals surface area contributed by atoms with Crippen LogP contribution in [0.15, 0.2) is 12.1 Å². The Hall–Kier alpha value is -1.49. The highest BCUT2D eigenvalue weighted by Crippen LogP contribution is 2.16. The molecule has 1 aromatic carbocycles. The van der Waals surface area contributed by atoms with Crippen molar-refractivity contribution in [3.05, 3.63) is 34.9 Å². The fraction of sp³-hybridized carbons (Fsp3) is 0.300. The van der Waals surface area contributed by atoms with Crippen LogP contribution in [0.5, 0.6) is 0 Å². The number of rotatable bonds is 3. The van der Waals surface area contributed by atoms with Gasteiger partial charge in [0.2, 0.25) is 0 Å². The number of halogens is 2. The zero-order chi connectivity index (χ0) is 11.4. The van der Waals surface area contributed by atoms with Crippen LogP contribution >= 0.6 is 0 Å². The number of benzene rings is 1. The summed E-state index contributed by atoms with van der Waals surface area (Å²) in [4.78, 5) is 11.2. The first-order valence-electron chi connectivity index (χ1n) is 4.45. The predicted molar refractivity (Wildman–Crippen MR) is 50.2 cm³/mol. The molecule has 1 rings (SSSR count). The van der Waals surface area contributed by atoms with Gasteiger partial charge in [-0.2, -0.15) is 0 Å². The van der Waals surface area contributed by atoms with Crippen molar-refractivity contribution in [1.29, 1.82) is 0 Å². The molecule has 82 valence electrons. The Morgan fingerprint density at radius 1 is 1.40 bits per heavy atom. The number of hydrogen-bond acceptors (Lipinski definition) is 3. The normalized spacial score (nSPS) is 10.1. The van der Waals surface area contributed by atoms with Gasteiger partial charge >= 0.3 is 5.97 Å². The van der Waals surface area contributed by atoms with Crippen LogP contribution < -0.4 is 5.73 Å². The van der Waals surface area contributed by atoms with Crippen LogP contribution in [0.1, 0.15) is 22.8 Å². The van der Waals surface area contributed by atoms with Gasteiger partial charge in [-0.3, -0.25) is 0 Å². The largest absolute Gasteiger partial charge is 0.462 e. The molecule has 0 saturated carbocycles. The quantitative estimate of drug-likeness (QED) is 0.779. The smallest absolute Gasteiger partial charge is 0.341 e. The summed E-state index contributed by atoms with van der Waals surface area (Å²) in [7, 11) is 0. The van der Waals surface area contributed by atoms with Gasteiger partial charge in [0.05, 0.1) is 12.2 Å². The van der Waals surface area contributed by atoms with Crippen molar-refractivity contribution < 1.29 is 18.3 Å². The maximum atomic E-state index is 13.3. The van der Waals surface area contributed by atoms with Crippen LogP contribution in [0.2, 0.25) is 0 Å². The Morgan fingerprint density at radius 3 is 2.60 bits per heavy atom. The van der Waals surface area contributed by atoms with Gasteiger partial charge in [-0.15, -0.1) is 0 Å². The zero-order valence-electron chi connectivity index (χ0n) is 8.22. The topological polar surface area (TPSA) is 52.3 Å². The van der Waals surface area contributed by atoms with E-state index in [-0.39, 0.29) is 18.7 Å². The molecule has 0 bridgehead atoms. The second-order valence-corrected chi connectivity index (χ2v) is 2.82. The van der Waals surface area contributed by atoms with Crippen molar-refractivity contribution in [3.8, 4) is 0 Å². The summed E-state index contributed by atoms with van der Waals surface area (Å²) in [5.41, 5.74) is 4.80. The molecule has 5 heteroatoms. The molecule has 0 atom stereocenters. The van der Waals surface area contributed by atoms with E-state index < -0.39 is 23.2 Å². The Kier molecular flexibility index (Phi) is 3.74. The summed E-state index contributed by atoms with van der Waals surface area (Å²) >= 11 is 0. The maximum Gasteiger partial charge on any atom is 0.341 e. The standard InChI is InChI=1S/C10H11F2NO2/c1-2-15-10(14)7-4-3-6(5-13)8(11)9(7)12/h3-4H,2,5,13H2,1H3. The minimum Gasteiger partial charge on any atom is -0.462 e. The van der Waals surface area contributed by atoms with Gasteiger partial charge in [0.25, 0.3) is 0 Å². The van der Waals surface area contributed by atoms with Crippen LogP contribution in [0.3, 0.4) is 0 Å². The molecule has 0 aliphatic carbocycles. The molecular weight excluding hydrogens is 204 g/mol. The maximum absolute atomic E-state index is 13.3. The fourth-order valence-electron chi connectivity index (χ4n) is 1.11. The van der Waals surface area contributed by atoms with Gasteiger partial charge in [0, 0.05) is 12.1 Å². The molecule has 2 N–H and O–H groups in total. The monoisotopic (exact) mass is 215 g/mol. The average molecular weight is 215 g/mol. The van der Waals surface area contributed by atoms with E-state index in [0.29, 0.717) is 0 Å². The van der Waals surface area contributed by atoms with Gasteiger partial charge in [-0.05, 0) is 13.0 Å². The Labute approximate surface area is 85.8 Å². The van der Waals surface area contributed by atoms with Crippen LogP contribution in [-0.2, 0) is 11.3 Å². The molecule has 0 unspecified atom stereocenters. The molecule has 0 aliphatic heterocycles. The number of carbonyl (C=O) groups is 1. The minimum absolute atomic E-state index is 0.0283. The van der Waals surface area contributed by atoms with Gasteiger partial charge < -0.3 is 10.5 Å². The first kappa shape index (κ1) is 11.6. The van der Waals surface area contributed by atoms with E-state index in [2.05, 4.69) is 4.74 Å². The SMILES string of the molecule is CCOC(=O)c1ccc(CN)c(F)c1F. The third-order valence-electron chi connectivity index (χ3n) is 1.88. The highest BCUT2D eigenvalue weighted by Gasteiger charge is 2.18. The van der Waals surface area contributed by atoms with Gasteiger partial charge in [0.1, 0.15) is 0 Å². The predicted octanol–water partition coefficient (Wildman–Crippen LogP) is 1.60. The van der Waals surface area contributed by atoms with Gasteiger partial charge in [0.15, 0.2) is 11.6 Å². The van der Waals surface area contributed by atoms with Crippen molar-refractivity contribution in [2.75, 3.05) is 6.61 Å². The molecule has 0 saturated heterocycles. The van der Waals surface area contributed by atoms with E-state index >= 15 is 0 Å². The van der Waals surface area contributed by atoms with E-state index in [1.54, 1.807) is 6.92 Å². The van der Waals surface area contributed by atoms with E-state index in [1.165, 1.54) is 12.1 Å². The molecule has 0 aliphatic rings. The van der Waals surface area contributed by atoms with Crippen molar-refractivity contribution in [2.24, 2.45) is 5.73 Å². The number of ether oxygens (including phenoxy) is 1. The summed E-state index contributed by atoms with van der Waals surface area (Å²) in [6.45, 7) is 1.57. The molecule has 15 heavy (non-hydrogen) atoms. The lowest BCUT2D eigenvalue weighted by Gasteiger charge is -2.06. The second kappa shape index (κ2) is 4.84. The molecule has 0 heterocycles. The number of carbonyl (C=O) groups excluding carboxylic acids is 1. The third kappa shape index (κ3) is 2.30. The van der Waals surface area contributed by atoms with Crippen LogP contribution in [0.4, 0.5) is 8.78 Å². The van der Waals surface area contributed by atoms with Crippen LogP contribution in [0, 0.1) is 11.6 Å². The van der Waals surface area contributed by atoms with E-state index in [4.69, 9.17) is 5.73 Å². The lowest BCUT2D eigenvalue weighted by atomic mass is 10.1. The molecule has 0 aromatic heterocycles. The third-order valence-corrected chi connectivity index (χ3v) is 1.88. The number of hydrogen-bond donors (Lipinski definition) is 1. The fourth-order valence-corrected chi connectivity index (χ4v) is 1.11. The highest BCUT2D eigenvalue weighted by molar-refractivity contribution is 5.89. The Bertz CT molecular complexity index is 380. The van der Waals surface area contributed by atoms with Crippen molar-refractivity contribution in [3.63, 3.8) is 0 Å². The lowest BCUT2D eigenvalue weighted by Crippen LogP contribution is -2.11. The molecule has 0 radical (unpaired) electrons. The molecule has 0 amide bonds. The average Bonchev–Trinajstić information content (AvgIpc) is 2.22. The number of esters is 1. The lowest BCUT2D eigenvalue weighted by molar-refractivity contribution is 0.0519. The van der Waals surface area contributed by atoms with Crippen LogP contribution in [-0.4, -0.2) is 12.6 Å². The Morgan fingerprint density at radius 2 is 2.07 bits per heavy atom. The van der Waals surface area contributed by atoms with Gasteiger partial charge in [-0.1, -0.05) is 6.07 Å². The first-order chi connectivity index (χ1) is 7.11. The molecule has 3 nitrogen and oxygen atoms in total. The first-order valence-corrected chi connectivity index (χ1v) is 4.45. The minimum atomic E-state index is -1.21. The van der Waals surface area contributed by atoms with E-state index in [1.807, 2.05) is 0 Å². The number of nitrogens with two attached hydrogens (primary N) is 1. The summed E-state index contributed by atoms with van der Waals surface area (Å²) in [5.74, 6) is -3.18. The van der Waals surface area contributed by atoms with Crippen molar-refractivity contribution >= 4 is 5.97 Å². The molecule has 1 aromatic rings. The highest BCUT2D eigenvalue weighted by atomic mass is 19.2. The molecule has 0 fully saturated rings. The van der Waals surface area contributed by atoms with Crippen molar-refractivity contribution in [1.82, 2.24) is 0 Å². The summed E-state index contributed by atoms with van der Waals surface area (Å²) < 4.78 is 31.1. The summed E-state index contributed by atoms with van der Waals surface area (Å²) in [6.07, 6.45) is 0. The molecular formula is C10H11F2NO2. The van der Waals surface area contributed by atoms with E-state index in [9.17, 15) is 13.6 Å². The second-order valence-electron chi connectivity index (χ2n) is 2.82. The Balaban J connectivity index is 3.11. The summed E-state index contributed by atoms with van der Waals surface area (Å²) in [6, 6.07) is 2.43. The van der Waals surface area contributed by atoms with E-state index in [0.717, 1.165) is 0 Å². The van der Waals surface area contributed by atoms with Gasteiger partial charge in [-0.25, -0.2) is 13.6 Å². The summed E-state index contributed by atoms with van der Waals surface area (Å²) in [5, 5.41) is 0. The van der Waals surface area contributed by atoms with Crippen molar-refractivity contribution in [2.45, 2.75) is 13.5 Å².